The van der Waals surface area contributed by atoms with Gasteiger partial charge in [-0.2, -0.15) is 5.26 Å². The molecule has 1 aromatic carbocycles. The second-order valence-corrected chi connectivity index (χ2v) is 4.54. The molecule has 1 heterocycles. The average Bonchev–Trinajstić information content (AvgIpc) is 2.59. The highest BCUT2D eigenvalue weighted by molar-refractivity contribution is 7.16. The Bertz CT molecular complexity index is 581. The SMILES string of the molecule is Cc1ccc(-c2cc(N)c(C#N)s2)c(F)c1. The Morgan fingerprint density at radius 1 is 1.38 bits per heavy atom. The van der Waals surface area contributed by atoms with Gasteiger partial charge in [0.1, 0.15) is 16.8 Å². The Morgan fingerprint density at radius 3 is 2.69 bits per heavy atom. The fraction of sp³-hybridized carbons (Fsp3) is 0.0833. The van der Waals surface area contributed by atoms with E-state index in [1.807, 2.05) is 19.1 Å². The first-order chi connectivity index (χ1) is 7.61. The lowest BCUT2D eigenvalue weighted by atomic mass is 10.1. The third-order valence-corrected chi connectivity index (χ3v) is 3.34. The van der Waals surface area contributed by atoms with Crippen molar-refractivity contribution in [1.82, 2.24) is 0 Å². The summed E-state index contributed by atoms with van der Waals surface area (Å²) >= 11 is 1.21. The summed E-state index contributed by atoms with van der Waals surface area (Å²) in [5, 5.41) is 8.78. The Hall–Kier alpha value is -1.86. The molecule has 2 aromatic rings. The first-order valence-electron chi connectivity index (χ1n) is 4.67. The molecule has 0 bridgehead atoms. The lowest BCUT2D eigenvalue weighted by Crippen LogP contribution is -1.83. The number of nitrogen functional groups attached to an aromatic ring is 1. The van der Waals surface area contributed by atoms with E-state index in [9.17, 15) is 4.39 Å². The zero-order valence-corrected chi connectivity index (χ0v) is 9.44. The van der Waals surface area contributed by atoms with Crippen LogP contribution >= 0.6 is 11.3 Å². The number of halogens is 1. The molecule has 0 saturated carbocycles. The number of hydrogen-bond donors (Lipinski definition) is 1. The maximum absolute atomic E-state index is 13.7. The number of anilines is 1. The summed E-state index contributed by atoms with van der Waals surface area (Å²) in [7, 11) is 0. The Kier molecular flexibility index (Phi) is 2.63. The van der Waals surface area contributed by atoms with E-state index in [0.717, 1.165) is 5.56 Å². The van der Waals surface area contributed by atoms with E-state index in [1.165, 1.54) is 17.4 Å². The molecule has 0 unspecified atom stereocenters. The van der Waals surface area contributed by atoms with Gasteiger partial charge < -0.3 is 5.73 Å². The molecular formula is C12H9FN2S. The minimum absolute atomic E-state index is 0.286. The van der Waals surface area contributed by atoms with Gasteiger partial charge in [-0.3, -0.25) is 0 Å². The average molecular weight is 232 g/mol. The highest BCUT2D eigenvalue weighted by Crippen LogP contribution is 2.34. The van der Waals surface area contributed by atoms with E-state index in [2.05, 4.69) is 0 Å². The van der Waals surface area contributed by atoms with Gasteiger partial charge in [0.2, 0.25) is 0 Å². The topological polar surface area (TPSA) is 49.8 Å². The van der Waals surface area contributed by atoms with Gasteiger partial charge >= 0.3 is 0 Å². The van der Waals surface area contributed by atoms with Crippen molar-refractivity contribution in [2.24, 2.45) is 0 Å². The van der Waals surface area contributed by atoms with E-state index < -0.39 is 0 Å². The molecule has 0 aliphatic rings. The van der Waals surface area contributed by atoms with Crippen LogP contribution in [0, 0.1) is 24.1 Å². The number of nitrogens with zero attached hydrogens (tertiary/aromatic N) is 1. The monoisotopic (exact) mass is 232 g/mol. The van der Waals surface area contributed by atoms with Crippen molar-refractivity contribution in [1.29, 1.82) is 5.26 Å². The molecule has 0 atom stereocenters. The summed E-state index contributed by atoms with van der Waals surface area (Å²) < 4.78 is 13.7. The van der Waals surface area contributed by atoms with Crippen LogP contribution in [0.3, 0.4) is 0 Å². The number of hydrogen-bond acceptors (Lipinski definition) is 3. The molecule has 0 amide bonds. The lowest BCUT2D eigenvalue weighted by Gasteiger charge is -2.00. The first kappa shape index (κ1) is 10.7. The maximum atomic E-state index is 13.7. The Balaban J connectivity index is 2.55. The second kappa shape index (κ2) is 3.95. The Morgan fingerprint density at radius 2 is 2.12 bits per heavy atom. The summed E-state index contributed by atoms with van der Waals surface area (Å²) in [4.78, 5) is 1.11. The van der Waals surface area contributed by atoms with Crippen LogP contribution in [-0.2, 0) is 0 Å². The van der Waals surface area contributed by atoms with Crippen LogP contribution < -0.4 is 5.73 Å². The number of benzene rings is 1. The largest absolute Gasteiger partial charge is 0.397 e. The molecule has 4 heteroatoms. The third kappa shape index (κ3) is 1.77. The van der Waals surface area contributed by atoms with Crippen molar-refractivity contribution in [3.05, 3.63) is 40.5 Å². The summed E-state index contributed by atoms with van der Waals surface area (Å²) in [5.41, 5.74) is 7.40. The molecule has 0 spiro atoms. The minimum atomic E-state index is -0.286. The summed E-state index contributed by atoms with van der Waals surface area (Å²) in [6, 6.07) is 8.63. The number of aryl methyl sites for hydroxylation is 1. The fourth-order valence-corrected chi connectivity index (χ4v) is 2.35. The molecule has 0 saturated heterocycles. The molecule has 0 fully saturated rings. The molecule has 1 aromatic heterocycles. The van der Waals surface area contributed by atoms with Crippen LogP contribution in [-0.4, -0.2) is 0 Å². The molecule has 2 N–H and O–H groups in total. The molecule has 0 aliphatic heterocycles. The van der Waals surface area contributed by atoms with Crippen molar-refractivity contribution in [3.8, 4) is 16.5 Å². The van der Waals surface area contributed by atoms with Crippen LogP contribution in [0.4, 0.5) is 10.1 Å². The van der Waals surface area contributed by atoms with Gasteiger partial charge in [-0.1, -0.05) is 12.1 Å². The normalized spacial score (nSPS) is 10.1. The molecule has 0 aliphatic carbocycles. The van der Waals surface area contributed by atoms with Crippen molar-refractivity contribution in [3.63, 3.8) is 0 Å². The van der Waals surface area contributed by atoms with Crippen molar-refractivity contribution < 1.29 is 4.39 Å². The van der Waals surface area contributed by atoms with Gasteiger partial charge in [0.05, 0.1) is 5.69 Å². The third-order valence-electron chi connectivity index (χ3n) is 2.25. The molecule has 0 radical (unpaired) electrons. The zero-order valence-electron chi connectivity index (χ0n) is 8.62. The predicted molar refractivity (Wildman–Crippen MR) is 63.6 cm³/mol. The van der Waals surface area contributed by atoms with E-state index in [4.69, 9.17) is 11.0 Å². The number of nitriles is 1. The second-order valence-electron chi connectivity index (χ2n) is 3.49. The summed E-state index contributed by atoms with van der Waals surface area (Å²) in [6.07, 6.45) is 0. The van der Waals surface area contributed by atoms with Crippen LogP contribution in [0.25, 0.3) is 10.4 Å². The first-order valence-corrected chi connectivity index (χ1v) is 5.49. The van der Waals surface area contributed by atoms with Crippen molar-refractivity contribution >= 4 is 17.0 Å². The fourth-order valence-electron chi connectivity index (χ4n) is 1.45. The highest BCUT2D eigenvalue weighted by Gasteiger charge is 2.11. The van der Waals surface area contributed by atoms with E-state index in [1.54, 1.807) is 12.1 Å². The molecule has 80 valence electrons. The standard InChI is InChI=1S/C12H9FN2S/c1-7-2-3-8(9(13)4-7)11-5-10(15)12(6-14)16-11/h2-5H,15H2,1H3. The van der Waals surface area contributed by atoms with E-state index in [0.29, 0.717) is 21.0 Å². The Labute approximate surface area is 96.8 Å². The number of rotatable bonds is 1. The smallest absolute Gasteiger partial charge is 0.132 e. The number of nitrogens with two attached hydrogens (primary N) is 1. The number of thiophene rings is 1. The van der Waals surface area contributed by atoms with Gasteiger partial charge in [0, 0.05) is 10.4 Å². The quantitative estimate of drug-likeness (QED) is 0.820. The van der Waals surface area contributed by atoms with Gasteiger partial charge in [-0.05, 0) is 24.6 Å². The molecular weight excluding hydrogens is 223 g/mol. The van der Waals surface area contributed by atoms with Gasteiger partial charge in [-0.25, -0.2) is 4.39 Å². The highest BCUT2D eigenvalue weighted by atomic mass is 32.1. The van der Waals surface area contributed by atoms with E-state index >= 15 is 0 Å². The summed E-state index contributed by atoms with van der Waals surface area (Å²) in [6.45, 7) is 1.83. The van der Waals surface area contributed by atoms with Crippen molar-refractivity contribution in [2.75, 3.05) is 5.73 Å². The van der Waals surface area contributed by atoms with Crippen LogP contribution in [0.15, 0.2) is 24.3 Å². The lowest BCUT2D eigenvalue weighted by molar-refractivity contribution is 0.630. The maximum Gasteiger partial charge on any atom is 0.132 e. The van der Waals surface area contributed by atoms with Crippen LogP contribution in [0.1, 0.15) is 10.4 Å². The van der Waals surface area contributed by atoms with Crippen molar-refractivity contribution in [2.45, 2.75) is 6.92 Å². The van der Waals surface area contributed by atoms with Gasteiger partial charge in [0.25, 0.3) is 0 Å². The van der Waals surface area contributed by atoms with Crippen LogP contribution in [0.5, 0.6) is 0 Å². The van der Waals surface area contributed by atoms with Gasteiger partial charge in [0.15, 0.2) is 0 Å². The molecule has 16 heavy (non-hydrogen) atoms. The van der Waals surface area contributed by atoms with Gasteiger partial charge in [-0.15, -0.1) is 11.3 Å². The van der Waals surface area contributed by atoms with Crippen LogP contribution in [0.2, 0.25) is 0 Å². The predicted octanol–water partition coefficient (Wildman–Crippen LogP) is 3.32. The van der Waals surface area contributed by atoms with E-state index in [-0.39, 0.29) is 5.82 Å². The zero-order chi connectivity index (χ0) is 11.7. The molecule has 2 rings (SSSR count). The minimum Gasteiger partial charge on any atom is -0.397 e. The molecule has 2 nitrogen and oxygen atoms in total. The summed E-state index contributed by atoms with van der Waals surface area (Å²) in [5.74, 6) is -0.286.